The van der Waals surface area contributed by atoms with E-state index in [-0.39, 0.29) is 42.2 Å². The van der Waals surface area contributed by atoms with Crippen LogP contribution in [0.2, 0.25) is 0 Å². The lowest BCUT2D eigenvalue weighted by molar-refractivity contribution is 0.0518. The van der Waals surface area contributed by atoms with Crippen molar-refractivity contribution in [2.75, 3.05) is 6.61 Å². The van der Waals surface area contributed by atoms with E-state index in [2.05, 4.69) is 10.2 Å². The molecule has 0 bridgehead atoms. The minimum Gasteiger partial charge on any atom is -0.461 e. The van der Waals surface area contributed by atoms with Gasteiger partial charge in [0.05, 0.1) is 25.4 Å². The second-order valence-electron chi connectivity index (χ2n) is 7.48. The van der Waals surface area contributed by atoms with Crippen LogP contribution in [0.25, 0.3) is 5.69 Å². The number of carbonyl (C=O) groups excluding carboxylic acids is 1. The van der Waals surface area contributed by atoms with Crippen molar-refractivity contribution in [2.24, 2.45) is 0 Å². The number of esters is 1. The smallest absolute Gasteiger partial charge is 0.358 e. The van der Waals surface area contributed by atoms with Gasteiger partial charge in [-0.25, -0.2) is 22.8 Å². The Hall–Kier alpha value is -4.15. The fraction of sp³-hybridized carbons (Fsp3) is 0.217. The maximum absolute atomic E-state index is 14.8. The van der Waals surface area contributed by atoms with Crippen LogP contribution in [0.3, 0.4) is 0 Å². The lowest BCUT2D eigenvalue weighted by Gasteiger charge is -2.08. The first-order valence-corrected chi connectivity index (χ1v) is 10.4. The van der Waals surface area contributed by atoms with Gasteiger partial charge >= 0.3 is 11.7 Å². The van der Waals surface area contributed by atoms with E-state index in [0.717, 1.165) is 33.8 Å². The van der Waals surface area contributed by atoms with Crippen LogP contribution < -0.4 is 5.69 Å². The van der Waals surface area contributed by atoms with Crippen molar-refractivity contribution in [2.45, 2.75) is 26.9 Å². The zero-order valence-corrected chi connectivity index (χ0v) is 18.3. The molecule has 0 radical (unpaired) electrons. The standard InChI is InChI=1S/C23H20F3N5O3/c1-3-34-22(32)21-9-14(2)30(28-21)11-15-7-8-16(10-20(15)26)31-23(33)29(13-27-31)12-17-18(24)5-4-6-19(17)25/h4-10,13H,3,11-12H2,1-2H3. The van der Waals surface area contributed by atoms with Crippen LogP contribution in [-0.2, 0) is 17.8 Å². The average Bonchev–Trinajstić information content (AvgIpc) is 3.35. The van der Waals surface area contributed by atoms with Crippen LogP contribution in [0.5, 0.6) is 0 Å². The van der Waals surface area contributed by atoms with Gasteiger partial charge in [0.1, 0.15) is 23.8 Å². The number of halogens is 3. The summed E-state index contributed by atoms with van der Waals surface area (Å²) in [5, 5.41) is 8.10. The molecule has 0 atom stereocenters. The predicted molar refractivity (Wildman–Crippen MR) is 115 cm³/mol. The number of aromatic nitrogens is 5. The van der Waals surface area contributed by atoms with E-state index < -0.39 is 29.1 Å². The van der Waals surface area contributed by atoms with Crippen LogP contribution in [0.1, 0.15) is 34.2 Å². The van der Waals surface area contributed by atoms with Gasteiger partial charge in [0.2, 0.25) is 0 Å². The van der Waals surface area contributed by atoms with E-state index in [1.807, 2.05) is 0 Å². The molecule has 0 spiro atoms. The maximum Gasteiger partial charge on any atom is 0.358 e. The third-order valence-electron chi connectivity index (χ3n) is 5.19. The van der Waals surface area contributed by atoms with Crippen LogP contribution in [0.15, 0.2) is 53.6 Å². The van der Waals surface area contributed by atoms with Gasteiger partial charge < -0.3 is 4.74 Å². The Morgan fingerprint density at radius 1 is 1.03 bits per heavy atom. The van der Waals surface area contributed by atoms with Crippen LogP contribution in [0.4, 0.5) is 13.2 Å². The van der Waals surface area contributed by atoms with Gasteiger partial charge in [-0.2, -0.15) is 14.9 Å². The number of nitrogens with zero attached hydrogens (tertiary/aromatic N) is 5. The maximum atomic E-state index is 14.8. The normalized spacial score (nSPS) is 11.1. The molecule has 0 saturated heterocycles. The Kier molecular flexibility index (Phi) is 6.35. The number of rotatable bonds is 7. The fourth-order valence-corrected chi connectivity index (χ4v) is 3.41. The lowest BCUT2D eigenvalue weighted by atomic mass is 10.2. The molecule has 0 N–H and O–H groups in total. The van der Waals surface area contributed by atoms with E-state index in [4.69, 9.17) is 4.74 Å². The lowest BCUT2D eigenvalue weighted by Crippen LogP contribution is -2.25. The largest absolute Gasteiger partial charge is 0.461 e. The highest BCUT2D eigenvalue weighted by Gasteiger charge is 2.16. The van der Waals surface area contributed by atoms with Gasteiger partial charge in [-0.1, -0.05) is 12.1 Å². The molecule has 0 amide bonds. The van der Waals surface area contributed by atoms with E-state index in [1.165, 1.54) is 22.9 Å². The van der Waals surface area contributed by atoms with Gasteiger partial charge in [0.15, 0.2) is 5.69 Å². The van der Waals surface area contributed by atoms with Gasteiger partial charge in [-0.05, 0) is 38.1 Å². The van der Waals surface area contributed by atoms with Crippen molar-refractivity contribution in [1.29, 1.82) is 0 Å². The number of aryl methyl sites for hydroxylation is 1. The molecule has 176 valence electrons. The quantitative estimate of drug-likeness (QED) is 0.387. The number of carbonyl (C=O) groups is 1. The number of hydrogen-bond acceptors (Lipinski definition) is 5. The molecule has 0 aliphatic carbocycles. The van der Waals surface area contributed by atoms with E-state index in [9.17, 15) is 22.8 Å². The molecule has 0 unspecified atom stereocenters. The molecule has 0 fully saturated rings. The minimum atomic E-state index is -0.782. The fourth-order valence-electron chi connectivity index (χ4n) is 3.41. The monoisotopic (exact) mass is 471 g/mol. The Labute approximate surface area is 191 Å². The SMILES string of the molecule is CCOC(=O)c1cc(C)n(Cc2ccc(-n3ncn(Cc4c(F)cccc4F)c3=O)cc2F)n1. The third-order valence-corrected chi connectivity index (χ3v) is 5.19. The molecule has 34 heavy (non-hydrogen) atoms. The molecule has 4 aromatic rings. The molecule has 8 nitrogen and oxygen atoms in total. The van der Waals surface area contributed by atoms with Gasteiger partial charge in [-0.15, -0.1) is 0 Å². The van der Waals surface area contributed by atoms with Crippen molar-refractivity contribution < 1.29 is 22.7 Å². The van der Waals surface area contributed by atoms with Crippen LogP contribution >= 0.6 is 0 Å². The zero-order chi connectivity index (χ0) is 24.4. The number of hydrogen-bond donors (Lipinski definition) is 0. The van der Waals surface area contributed by atoms with Crippen molar-refractivity contribution >= 4 is 5.97 Å². The van der Waals surface area contributed by atoms with Crippen molar-refractivity contribution in [1.82, 2.24) is 24.1 Å². The van der Waals surface area contributed by atoms with Gasteiger partial charge in [0, 0.05) is 22.9 Å². The summed E-state index contributed by atoms with van der Waals surface area (Å²) in [5.41, 5.74) is 0.218. The Balaban J connectivity index is 1.57. The summed E-state index contributed by atoms with van der Waals surface area (Å²) in [4.78, 5) is 24.5. The van der Waals surface area contributed by atoms with Gasteiger partial charge in [0.25, 0.3) is 0 Å². The Bertz CT molecular complexity index is 1400. The molecule has 0 aliphatic heterocycles. The summed E-state index contributed by atoms with van der Waals surface area (Å²) in [7, 11) is 0. The van der Waals surface area contributed by atoms with Crippen molar-refractivity contribution in [3.63, 3.8) is 0 Å². The minimum absolute atomic E-state index is 0.0489. The molecule has 4 rings (SSSR count). The third kappa shape index (κ3) is 4.49. The number of benzene rings is 2. The molecule has 0 aliphatic rings. The van der Waals surface area contributed by atoms with Crippen LogP contribution in [0, 0.1) is 24.4 Å². The van der Waals surface area contributed by atoms with E-state index in [0.29, 0.717) is 5.69 Å². The van der Waals surface area contributed by atoms with Crippen molar-refractivity contribution in [3.05, 3.63) is 99.2 Å². The summed E-state index contributed by atoms with van der Waals surface area (Å²) in [6.07, 6.45) is 1.13. The summed E-state index contributed by atoms with van der Waals surface area (Å²) in [6, 6.07) is 9.06. The topological polar surface area (TPSA) is 83.9 Å². The first-order chi connectivity index (χ1) is 16.3. The molecule has 2 heterocycles. The summed E-state index contributed by atoms with van der Waals surface area (Å²) in [5.74, 6) is -2.75. The second-order valence-corrected chi connectivity index (χ2v) is 7.48. The number of ether oxygens (including phenoxy) is 1. The molecule has 11 heteroatoms. The highest BCUT2D eigenvalue weighted by molar-refractivity contribution is 5.87. The van der Waals surface area contributed by atoms with Crippen LogP contribution in [-0.4, -0.2) is 36.7 Å². The van der Waals surface area contributed by atoms with E-state index in [1.54, 1.807) is 19.9 Å². The average molecular weight is 471 g/mol. The first-order valence-electron chi connectivity index (χ1n) is 10.4. The highest BCUT2D eigenvalue weighted by atomic mass is 19.1. The Morgan fingerprint density at radius 3 is 2.44 bits per heavy atom. The molecule has 2 aromatic carbocycles. The zero-order valence-electron chi connectivity index (χ0n) is 18.3. The molecule has 0 saturated carbocycles. The summed E-state index contributed by atoms with van der Waals surface area (Å²) >= 11 is 0. The Morgan fingerprint density at radius 2 is 1.76 bits per heavy atom. The molecular formula is C23H20F3N5O3. The second kappa shape index (κ2) is 9.38. The predicted octanol–water partition coefficient (Wildman–Crippen LogP) is 3.23. The van der Waals surface area contributed by atoms with Gasteiger partial charge in [-0.3, -0.25) is 9.25 Å². The highest BCUT2D eigenvalue weighted by Crippen LogP contribution is 2.16. The summed E-state index contributed by atoms with van der Waals surface area (Å²) in [6.45, 7) is 3.32. The first kappa shape index (κ1) is 23.0. The molecular weight excluding hydrogens is 451 g/mol. The van der Waals surface area contributed by atoms with E-state index >= 15 is 0 Å². The van der Waals surface area contributed by atoms with Crippen molar-refractivity contribution in [3.8, 4) is 5.69 Å². The molecule has 2 aromatic heterocycles. The summed E-state index contributed by atoms with van der Waals surface area (Å²) < 4.78 is 51.0.